The Bertz CT molecular complexity index is 432. The number of hydrogen-bond donors (Lipinski definition) is 1. The molecule has 2 fully saturated rings. The van der Waals surface area contributed by atoms with E-state index in [2.05, 4.69) is 10.2 Å². The molecule has 1 saturated heterocycles. The molecule has 2 aliphatic rings. The Hall–Kier alpha value is -1.33. The van der Waals surface area contributed by atoms with E-state index in [0.29, 0.717) is 12.6 Å². The third-order valence-electron chi connectivity index (χ3n) is 4.58. The maximum absolute atomic E-state index is 12.2. The molecule has 0 bridgehead atoms. The van der Waals surface area contributed by atoms with Crippen LogP contribution in [0.1, 0.15) is 31.4 Å². The third kappa shape index (κ3) is 4.08. The number of carbonyl (C=O) groups excluding carboxylic acids is 1. The first-order valence-corrected chi connectivity index (χ1v) is 8.07. The molecule has 0 aromatic carbocycles. The molecule has 1 amide bonds. The summed E-state index contributed by atoms with van der Waals surface area (Å²) in [5, 5.41) is 3.41. The SMILES string of the molecule is O=C(CNC1CCCC1)N1CCN(Cc2ccco2)CC1. The number of piperazine rings is 1. The Kier molecular flexibility index (Phi) is 4.93. The summed E-state index contributed by atoms with van der Waals surface area (Å²) < 4.78 is 5.37. The minimum Gasteiger partial charge on any atom is -0.468 e. The third-order valence-corrected chi connectivity index (χ3v) is 4.58. The molecule has 1 N–H and O–H groups in total. The molecule has 1 aliphatic heterocycles. The molecule has 1 aromatic heterocycles. The minimum absolute atomic E-state index is 0.250. The lowest BCUT2D eigenvalue weighted by atomic mass is 10.2. The van der Waals surface area contributed by atoms with Gasteiger partial charge in [0.15, 0.2) is 0 Å². The van der Waals surface area contributed by atoms with Gasteiger partial charge < -0.3 is 14.6 Å². The predicted molar refractivity (Wildman–Crippen MR) is 80.8 cm³/mol. The van der Waals surface area contributed by atoms with Crippen molar-refractivity contribution in [3.05, 3.63) is 24.2 Å². The van der Waals surface area contributed by atoms with Crippen molar-refractivity contribution in [3.63, 3.8) is 0 Å². The summed E-state index contributed by atoms with van der Waals surface area (Å²) >= 11 is 0. The maximum Gasteiger partial charge on any atom is 0.236 e. The summed E-state index contributed by atoms with van der Waals surface area (Å²) in [7, 11) is 0. The minimum atomic E-state index is 0.250. The van der Waals surface area contributed by atoms with Gasteiger partial charge in [-0.15, -0.1) is 0 Å². The van der Waals surface area contributed by atoms with E-state index in [4.69, 9.17) is 4.42 Å². The van der Waals surface area contributed by atoms with Crippen LogP contribution >= 0.6 is 0 Å². The maximum atomic E-state index is 12.2. The van der Waals surface area contributed by atoms with Crippen LogP contribution in [-0.4, -0.2) is 54.5 Å². The van der Waals surface area contributed by atoms with Crippen LogP contribution in [0.4, 0.5) is 0 Å². The van der Waals surface area contributed by atoms with Crippen LogP contribution in [0.3, 0.4) is 0 Å². The zero-order valence-corrected chi connectivity index (χ0v) is 12.6. The van der Waals surface area contributed by atoms with Crippen molar-refractivity contribution in [2.75, 3.05) is 32.7 Å². The molecule has 0 radical (unpaired) electrons. The van der Waals surface area contributed by atoms with Gasteiger partial charge in [-0.3, -0.25) is 9.69 Å². The Morgan fingerprint density at radius 2 is 2.00 bits per heavy atom. The van der Waals surface area contributed by atoms with Crippen LogP contribution in [0, 0.1) is 0 Å². The zero-order valence-electron chi connectivity index (χ0n) is 12.6. The summed E-state index contributed by atoms with van der Waals surface area (Å²) in [5.41, 5.74) is 0. The molecule has 1 aliphatic carbocycles. The second-order valence-electron chi connectivity index (χ2n) is 6.10. The molecule has 116 valence electrons. The van der Waals surface area contributed by atoms with Gasteiger partial charge in [-0.05, 0) is 25.0 Å². The molecule has 2 heterocycles. The Balaban J connectivity index is 1.37. The van der Waals surface area contributed by atoms with Gasteiger partial charge in [-0.1, -0.05) is 12.8 Å². The van der Waals surface area contributed by atoms with E-state index >= 15 is 0 Å². The number of hydrogen-bond acceptors (Lipinski definition) is 4. The second kappa shape index (κ2) is 7.09. The van der Waals surface area contributed by atoms with Gasteiger partial charge in [-0.25, -0.2) is 0 Å². The molecular weight excluding hydrogens is 266 g/mol. The normalized spacial score (nSPS) is 21.0. The lowest BCUT2D eigenvalue weighted by molar-refractivity contribution is -0.132. The molecule has 3 rings (SSSR count). The molecular formula is C16H25N3O2. The van der Waals surface area contributed by atoms with E-state index in [0.717, 1.165) is 38.5 Å². The van der Waals surface area contributed by atoms with Gasteiger partial charge >= 0.3 is 0 Å². The van der Waals surface area contributed by atoms with E-state index in [-0.39, 0.29) is 5.91 Å². The summed E-state index contributed by atoms with van der Waals surface area (Å²) in [4.78, 5) is 16.5. The fraction of sp³-hybridized carbons (Fsp3) is 0.688. The van der Waals surface area contributed by atoms with Crippen molar-refractivity contribution in [3.8, 4) is 0 Å². The highest BCUT2D eigenvalue weighted by Crippen LogP contribution is 2.17. The number of carbonyl (C=O) groups is 1. The van der Waals surface area contributed by atoms with Gasteiger partial charge in [0.2, 0.25) is 5.91 Å². The number of amides is 1. The van der Waals surface area contributed by atoms with E-state index in [1.165, 1.54) is 25.7 Å². The fourth-order valence-electron chi connectivity index (χ4n) is 3.25. The van der Waals surface area contributed by atoms with Crippen LogP contribution in [0.5, 0.6) is 0 Å². The zero-order chi connectivity index (χ0) is 14.5. The lowest BCUT2D eigenvalue weighted by Crippen LogP contribution is -2.51. The van der Waals surface area contributed by atoms with E-state index in [9.17, 15) is 4.79 Å². The second-order valence-corrected chi connectivity index (χ2v) is 6.10. The van der Waals surface area contributed by atoms with Crippen LogP contribution in [0.2, 0.25) is 0 Å². The van der Waals surface area contributed by atoms with Crippen molar-refractivity contribution in [2.24, 2.45) is 0 Å². The first-order valence-electron chi connectivity index (χ1n) is 8.07. The van der Waals surface area contributed by atoms with Gasteiger partial charge in [0.25, 0.3) is 0 Å². The molecule has 5 heteroatoms. The summed E-state index contributed by atoms with van der Waals surface area (Å²) in [5.74, 6) is 1.25. The topological polar surface area (TPSA) is 48.7 Å². The summed E-state index contributed by atoms with van der Waals surface area (Å²) in [6, 6.07) is 4.49. The molecule has 21 heavy (non-hydrogen) atoms. The number of rotatable bonds is 5. The van der Waals surface area contributed by atoms with E-state index < -0.39 is 0 Å². The van der Waals surface area contributed by atoms with Gasteiger partial charge in [-0.2, -0.15) is 0 Å². The number of nitrogens with zero attached hydrogens (tertiary/aromatic N) is 2. The number of nitrogens with one attached hydrogen (secondary N) is 1. The van der Waals surface area contributed by atoms with Crippen molar-refractivity contribution in [2.45, 2.75) is 38.3 Å². The quantitative estimate of drug-likeness (QED) is 0.892. The molecule has 0 spiro atoms. The molecule has 1 aromatic rings. The highest BCUT2D eigenvalue weighted by atomic mass is 16.3. The Morgan fingerprint density at radius 3 is 2.67 bits per heavy atom. The van der Waals surface area contributed by atoms with Crippen molar-refractivity contribution in [1.82, 2.24) is 15.1 Å². The Morgan fingerprint density at radius 1 is 1.24 bits per heavy atom. The van der Waals surface area contributed by atoms with Crippen molar-refractivity contribution >= 4 is 5.91 Å². The van der Waals surface area contributed by atoms with Gasteiger partial charge in [0.05, 0.1) is 19.4 Å². The van der Waals surface area contributed by atoms with Crippen LogP contribution in [-0.2, 0) is 11.3 Å². The summed E-state index contributed by atoms with van der Waals surface area (Å²) in [6.07, 6.45) is 6.77. The van der Waals surface area contributed by atoms with Gasteiger partial charge in [0.1, 0.15) is 5.76 Å². The average Bonchev–Trinajstić information content (AvgIpc) is 3.19. The van der Waals surface area contributed by atoms with Crippen molar-refractivity contribution < 1.29 is 9.21 Å². The molecule has 1 saturated carbocycles. The van der Waals surface area contributed by atoms with Crippen LogP contribution in [0.15, 0.2) is 22.8 Å². The Labute approximate surface area is 126 Å². The standard InChI is InChI=1S/C16H25N3O2/c20-16(12-17-14-4-1-2-5-14)19-9-7-18(8-10-19)13-15-6-3-11-21-15/h3,6,11,14,17H,1-2,4-5,7-10,12-13H2. The van der Waals surface area contributed by atoms with E-state index in [1.54, 1.807) is 6.26 Å². The van der Waals surface area contributed by atoms with Crippen LogP contribution < -0.4 is 5.32 Å². The van der Waals surface area contributed by atoms with Crippen molar-refractivity contribution in [1.29, 1.82) is 0 Å². The first kappa shape index (κ1) is 14.6. The molecule has 0 unspecified atom stereocenters. The highest BCUT2D eigenvalue weighted by Gasteiger charge is 2.22. The predicted octanol–water partition coefficient (Wildman–Crippen LogP) is 1.46. The van der Waals surface area contributed by atoms with Crippen LogP contribution in [0.25, 0.3) is 0 Å². The van der Waals surface area contributed by atoms with E-state index in [1.807, 2.05) is 17.0 Å². The fourth-order valence-corrected chi connectivity index (χ4v) is 3.25. The largest absolute Gasteiger partial charge is 0.468 e. The lowest BCUT2D eigenvalue weighted by Gasteiger charge is -2.34. The van der Waals surface area contributed by atoms with Gasteiger partial charge in [0, 0.05) is 32.2 Å². The molecule has 5 nitrogen and oxygen atoms in total. The monoisotopic (exact) mass is 291 g/mol. The average molecular weight is 291 g/mol. The summed E-state index contributed by atoms with van der Waals surface area (Å²) in [6.45, 7) is 4.85. The molecule has 0 atom stereocenters. The highest BCUT2D eigenvalue weighted by molar-refractivity contribution is 5.78. The first-order chi connectivity index (χ1) is 10.3. The number of furan rings is 1. The smallest absolute Gasteiger partial charge is 0.236 e.